The van der Waals surface area contributed by atoms with E-state index in [9.17, 15) is 4.79 Å². The van der Waals surface area contributed by atoms with Gasteiger partial charge in [0.2, 0.25) is 0 Å². The van der Waals surface area contributed by atoms with Crippen molar-refractivity contribution in [1.82, 2.24) is 4.90 Å². The van der Waals surface area contributed by atoms with Gasteiger partial charge in [-0.1, -0.05) is 41.8 Å². The normalized spacial score (nSPS) is 16.9. The first-order valence-corrected chi connectivity index (χ1v) is 7.55. The van der Waals surface area contributed by atoms with Crippen LogP contribution in [-0.4, -0.2) is 23.9 Å². The summed E-state index contributed by atoms with van der Waals surface area (Å²) in [6.45, 7) is 4.06. The van der Waals surface area contributed by atoms with Crippen molar-refractivity contribution in [2.75, 3.05) is 13.1 Å². The van der Waals surface area contributed by atoms with Crippen LogP contribution in [-0.2, 0) is 0 Å². The zero-order valence-electron chi connectivity index (χ0n) is 10.9. The van der Waals surface area contributed by atoms with Gasteiger partial charge in [-0.3, -0.25) is 4.79 Å². The zero-order valence-corrected chi connectivity index (χ0v) is 12.4. The largest absolute Gasteiger partial charge is 0.339 e. The molecule has 2 nitrogen and oxygen atoms in total. The van der Waals surface area contributed by atoms with Crippen molar-refractivity contribution in [3.63, 3.8) is 0 Å². The minimum Gasteiger partial charge on any atom is -0.339 e. The average Bonchev–Trinajstić information content (AvgIpc) is 2.39. The lowest BCUT2D eigenvalue weighted by Crippen LogP contribution is -2.38. The number of hydrogen-bond acceptors (Lipinski definition) is 1. The first kappa shape index (κ1) is 13.6. The van der Waals surface area contributed by atoms with E-state index in [1.165, 1.54) is 12.8 Å². The highest BCUT2D eigenvalue weighted by Gasteiger charge is 2.22. The lowest BCUT2D eigenvalue weighted by molar-refractivity contribution is 0.0686. The lowest BCUT2D eigenvalue weighted by Gasteiger charge is -2.32. The van der Waals surface area contributed by atoms with Gasteiger partial charge >= 0.3 is 0 Å². The van der Waals surface area contributed by atoms with E-state index in [4.69, 9.17) is 0 Å². The lowest BCUT2D eigenvalue weighted by atomic mass is 9.92. The number of hydrogen-bond donors (Lipinski definition) is 0. The molecule has 1 aliphatic rings. The standard InChI is InChI=1S/C15H20BrNO/c1-2-4-12-7-9-17(10-8-12)15(18)13-5-3-6-14(16)11-13/h3,5-6,11-12H,2,4,7-10H2,1H3. The molecule has 0 spiro atoms. The molecule has 2 rings (SSSR count). The van der Waals surface area contributed by atoms with E-state index >= 15 is 0 Å². The van der Waals surface area contributed by atoms with Gasteiger partial charge in [0.05, 0.1) is 0 Å². The summed E-state index contributed by atoms with van der Waals surface area (Å²) in [6, 6.07) is 7.66. The number of benzene rings is 1. The molecule has 0 radical (unpaired) electrons. The maximum atomic E-state index is 12.3. The Bertz CT molecular complexity index is 411. The van der Waals surface area contributed by atoms with Gasteiger partial charge in [-0.15, -0.1) is 0 Å². The third kappa shape index (κ3) is 3.35. The van der Waals surface area contributed by atoms with Crippen molar-refractivity contribution >= 4 is 21.8 Å². The van der Waals surface area contributed by atoms with E-state index in [-0.39, 0.29) is 5.91 Å². The smallest absolute Gasteiger partial charge is 0.253 e. The predicted molar refractivity (Wildman–Crippen MR) is 77.7 cm³/mol. The summed E-state index contributed by atoms with van der Waals surface area (Å²) in [5.41, 5.74) is 0.790. The number of piperidine rings is 1. The summed E-state index contributed by atoms with van der Waals surface area (Å²) in [7, 11) is 0. The minimum atomic E-state index is 0.172. The number of carbonyl (C=O) groups is 1. The van der Waals surface area contributed by atoms with Crippen LogP contribution in [0.4, 0.5) is 0 Å². The molecule has 18 heavy (non-hydrogen) atoms. The maximum Gasteiger partial charge on any atom is 0.253 e. The number of amides is 1. The first-order chi connectivity index (χ1) is 8.70. The van der Waals surface area contributed by atoms with Crippen molar-refractivity contribution in [3.05, 3.63) is 34.3 Å². The van der Waals surface area contributed by atoms with Crippen LogP contribution in [0.3, 0.4) is 0 Å². The Morgan fingerprint density at radius 2 is 2.11 bits per heavy atom. The Morgan fingerprint density at radius 3 is 2.72 bits per heavy atom. The van der Waals surface area contributed by atoms with Crippen LogP contribution >= 0.6 is 15.9 Å². The highest BCUT2D eigenvalue weighted by atomic mass is 79.9. The molecule has 3 heteroatoms. The van der Waals surface area contributed by atoms with Gasteiger partial charge in [-0.2, -0.15) is 0 Å². The number of halogens is 1. The fourth-order valence-electron chi connectivity index (χ4n) is 2.64. The molecular weight excluding hydrogens is 290 g/mol. The molecule has 0 atom stereocenters. The van der Waals surface area contributed by atoms with Gasteiger partial charge in [0.25, 0.3) is 5.91 Å². The average molecular weight is 310 g/mol. The first-order valence-electron chi connectivity index (χ1n) is 6.75. The number of carbonyl (C=O) groups excluding carboxylic acids is 1. The van der Waals surface area contributed by atoms with Crippen molar-refractivity contribution in [3.8, 4) is 0 Å². The van der Waals surface area contributed by atoms with Gasteiger partial charge in [-0.05, 0) is 37.0 Å². The molecule has 1 heterocycles. The van der Waals surface area contributed by atoms with Gasteiger partial charge in [0.1, 0.15) is 0 Å². The van der Waals surface area contributed by atoms with Crippen LogP contribution in [0.5, 0.6) is 0 Å². The monoisotopic (exact) mass is 309 g/mol. The molecule has 1 aromatic carbocycles. The summed E-state index contributed by atoms with van der Waals surface area (Å²) in [5, 5.41) is 0. The van der Waals surface area contributed by atoms with Crippen LogP contribution in [0, 0.1) is 5.92 Å². The highest BCUT2D eigenvalue weighted by Crippen LogP contribution is 2.23. The molecule has 0 aromatic heterocycles. The SMILES string of the molecule is CCCC1CCN(C(=O)c2cccc(Br)c2)CC1. The van der Waals surface area contributed by atoms with Crippen molar-refractivity contribution in [2.45, 2.75) is 32.6 Å². The van der Waals surface area contributed by atoms with Crippen molar-refractivity contribution in [2.24, 2.45) is 5.92 Å². The van der Waals surface area contributed by atoms with Crippen LogP contribution in [0.25, 0.3) is 0 Å². The molecule has 0 N–H and O–H groups in total. The molecular formula is C15H20BrNO. The molecule has 1 saturated heterocycles. The summed E-state index contributed by atoms with van der Waals surface area (Å²) in [4.78, 5) is 14.3. The van der Waals surface area contributed by atoms with Crippen molar-refractivity contribution < 1.29 is 4.79 Å². The second-order valence-corrected chi connectivity index (χ2v) is 5.95. The third-order valence-corrected chi connectivity index (χ3v) is 4.16. The van der Waals surface area contributed by atoms with E-state index in [2.05, 4.69) is 22.9 Å². The minimum absolute atomic E-state index is 0.172. The van der Waals surface area contributed by atoms with Crippen LogP contribution in [0.2, 0.25) is 0 Å². The zero-order chi connectivity index (χ0) is 13.0. The topological polar surface area (TPSA) is 20.3 Å². The van der Waals surface area contributed by atoms with E-state index in [1.807, 2.05) is 29.2 Å². The van der Waals surface area contributed by atoms with Crippen LogP contribution in [0.15, 0.2) is 28.7 Å². The van der Waals surface area contributed by atoms with Crippen LogP contribution in [0.1, 0.15) is 43.0 Å². The Balaban J connectivity index is 1.95. The van der Waals surface area contributed by atoms with Crippen LogP contribution < -0.4 is 0 Å². The van der Waals surface area contributed by atoms with E-state index in [0.717, 1.165) is 41.9 Å². The summed E-state index contributed by atoms with van der Waals surface area (Å²) >= 11 is 3.41. The van der Waals surface area contributed by atoms with Gasteiger partial charge in [-0.25, -0.2) is 0 Å². The fourth-order valence-corrected chi connectivity index (χ4v) is 3.04. The molecule has 0 aliphatic carbocycles. The van der Waals surface area contributed by atoms with E-state index in [1.54, 1.807) is 0 Å². The maximum absolute atomic E-state index is 12.3. The number of likely N-dealkylation sites (tertiary alicyclic amines) is 1. The summed E-state index contributed by atoms with van der Waals surface area (Å²) in [6.07, 6.45) is 4.88. The highest BCUT2D eigenvalue weighted by molar-refractivity contribution is 9.10. The molecule has 1 amide bonds. The van der Waals surface area contributed by atoms with E-state index in [0.29, 0.717) is 0 Å². The molecule has 1 aromatic rings. The summed E-state index contributed by atoms with van der Waals surface area (Å²) in [5.74, 6) is 0.993. The third-order valence-electron chi connectivity index (χ3n) is 3.67. The Kier molecular flexibility index (Phi) is 4.81. The Labute approximate surface area is 117 Å². The van der Waals surface area contributed by atoms with Gasteiger partial charge in [0, 0.05) is 23.1 Å². The molecule has 0 saturated carbocycles. The summed E-state index contributed by atoms with van der Waals surface area (Å²) < 4.78 is 0.967. The second-order valence-electron chi connectivity index (χ2n) is 5.03. The van der Waals surface area contributed by atoms with Gasteiger partial charge < -0.3 is 4.90 Å². The number of nitrogens with zero attached hydrogens (tertiary/aromatic N) is 1. The molecule has 0 unspecified atom stereocenters. The molecule has 1 aliphatic heterocycles. The second kappa shape index (κ2) is 6.37. The van der Waals surface area contributed by atoms with E-state index < -0.39 is 0 Å². The molecule has 98 valence electrons. The Hall–Kier alpha value is -0.830. The fraction of sp³-hybridized carbons (Fsp3) is 0.533. The number of rotatable bonds is 3. The predicted octanol–water partition coefficient (Wildman–Crippen LogP) is 4.10. The molecule has 1 fully saturated rings. The Morgan fingerprint density at radius 1 is 1.39 bits per heavy atom. The quantitative estimate of drug-likeness (QED) is 0.823. The molecule has 0 bridgehead atoms. The van der Waals surface area contributed by atoms with Gasteiger partial charge in [0.15, 0.2) is 0 Å². The van der Waals surface area contributed by atoms with Crippen molar-refractivity contribution in [1.29, 1.82) is 0 Å².